The number of fused-ring (bicyclic) bond motifs is 1. The van der Waals surface area contributed by atoms with E-state index in [4.69, 9.17) is 0 Å². The number of urea groups is 1. The zero-order valence-electron chi connectivity index (χ0n) is 21.6. The van der Waals surface area contributed by atoms with Crippen LogP contribution in [0.2, 0.25) is 0 Å². The summed E-state index contributed by atoms with van der Waals surface area (Å²) >= 11 is 0. The van der Waals surface area contributed by atoms with Crippen molar-refractivity contribution in [3.63, 3.8) is 0 Å². The number of hydrogen-bond acceptors (Lipinski definition) is 4. The molecule has 2 aromatic heterocycles. The normalized spacial score (nSPS) is 10.7. The van der Waals surface area contributed by atoms with E-state index in [9.17, 15) is 14.4 Å². The number of aryl methyl sites for hydroxylation is 1. The Kier molecular flexibility index (Phi) is 7.24. The lowest BCUT2D eigenvalue weighted by Gasteiger charge is -2.12. The number of carbonyl (C=O) groups excluding carboxylic acids is 3. The number of aromatic nitrogens is 2. The van der Waals surface area contributed by atoms with E-state index >= 15 is 0 Å². The molecule has 0 saturated heterocycles. The van der Waals surface area contributed by atoms with Crippen LogP contribution in [0.3, 0.4) is 0 Å². The van der Waals surface area contributed by atoms with Crippen LogP contribution in [0, 0.1) is 6.92 Å². The van der Waals surface area contributed by atoms with Crippen LogP contribution in [0.15, 0.2) is 66.9 Å². The minimum Gasteiger partial charge on any atom is -0.347 e. The van der Waals surface area contributed by atoms with Crippen LogP contribution in [-0.4, -0.2) is 65.2 Å². The number of benzene rings is 2. The molecule has 4 aromatic rings. The highest BCUT2D eigenvalue weighted by molar-refractivity contribution is 6.00. The van der Waals surface area contributed by atoms with Gasteiger partial charge in [0.2, 0.25) is 0 Å². The number of carbonyl (C=O) groups is 3. The van der Waals surface area contributed by atoms with E-state index in [1.165, 1.54) is 4.90 Å². The molecule has 0 saturated carbocycles. The van der Waals surface area contributed by atoms with Crippen LogP contribution in [-0.2, 0) is 6.54 Å². The van der Waals surface area contributed by atoms with Crippen molar-refractivity contribution < 1.29 is 14.4 Å². The van der Waals surface area contributed by atoms with Crippen molar-refractivity contribution in [1.82, 2.24) is 24.5 Å². The second-order valence-corrected chi connectivity index (χ2v) is 9.16. The van der Waals surface area contributed by atoms with E-state index in [-0.39, 0.29) is 17.8 Å². The van der Waals surface area contributed by atoms with Crippen molar-refractivity contribution in [2.24, 2.45) is 0 Å². The summed E-state index contributed by atoms with van der Waals surface area (Å²) in [6.45, 7) is 2.17. The van der Waals surface area contributed by atoms with E-state index in [2.05, 4.69) is 15.6 Å². The Hall–Kier alpha value is -4.66. The molecule has 0 aliphatic heterocycles. The average Bonchev–Trinajstić information content (AvgIpc) is 3.23. The lowest BCUT2D eigenvalue weighted by molar-refractivity contribution is 0.0827. The van der Waals surface area contributed by atoms with Crippen molar-refractivity contribution in [2.45, 2.75) is 13.5 Å². The van der Waals surface area contributed by atoms with Gasteiger partial charge in [0.15, 0.2) is 5.69 Å². The molecular weight excluding hydrogens is 468 g/mol. The van der Waals surface area contributed by atoms with Crippen LogP contribution in [0.5, 0.6) is 0 Å². The fourth-order valence-corrected chi connectivity index (χ4v) is 3.86. The molecule has 0 radical (unpaired) electrons. The van der Waals surface area contributed by atoms with Gasteiger partial charge in [-0.3, -0.25) is 9.59 Å². The summed E-state index contributed by atoms with van der Waals surface area (Å²) in [5, 5.41) is 5.72. The van der Waals surface area contributed by atoms with E-state index in [0.717, 1.165) is 16.7 Å². The van der Waals surface area contributed by atoms with Crippen LogP contribution in [0.1, 0.15) is 32.2 Å². The van der Waals surface area contributed by atoms with E-state index < -0.39 is 0 Å². The van der Waals surface area contributed by atoms with Gasteiger partial charge in [0.05, 0.1) is 5.52 Å². The number of rotatable bonds is 6. The number of anilines is 1. The van der Waals surface area contributed by atoms with Gasteiger partial charge in [-0.05, 0) is 60.0 Å². The summed E-state index contributed by atoms with van der Waals surface area (Å²) < 4.78 is 1.88. The van der Waals surface area contributed by atoms with Crippen molar-refractivity contribution >= 4 is 29.0 Å². The first kappa shape index (κ1) is 25.4. The highest BCUT2D eigenvalue weighted by atomic mass is 16.2. The molecule has 190 valence electrons. The van der Waals surface area contributed by atoms with Crippen molar-refractivity contribution in [1.29, 1.82) is 0 Å². The molecule has 37 heavy (non-hydrogen) atoms. The molecule has 2 heterocycles. The topological polar surface area (TPSA) is 99.0 Å². The van der Waals surface area contributed by atoms with E-state index in [0.29, 0.717) is 34.8 Å². The Morgan fingerprint density at radius 2 is 1.54 bits per heavy atom. The predicted molar refractivity (Wildman–Crippen MR) is 144 cm³/mol. The summed E-state index contributed by atoms with van der Waals surface area (Å²) in [7, 11) is 6.79. The number of pyridine rings is 1. The molecule has 2 aromatic carbocycles. The predicted octanol–water partition coefficient (Wildman–Crippen LogP) is 4.04. The minimum atomic E-state index is -0.278. The maximum absolute atomic E-state index is 13.1. The standard InChI is InChI=1S/C28H30N6O3/c1-18-30-25(26(35)29-17-19-6-12-23(13-7-19)31-28(37)33(4)5)24-16-22(14-15-34(18)24)20-8-10-21(11-9-20)27(36)32(2)3/h6-16H,17H2,1-5H3,(H,29,35)(H,31,37). The summed E-state index contributed by atoms with van der Waals surface area (Å²) in [4.78, 5) is 44.6. The lowest BCUT2D eigenvalue weighted by Crippen LogP contribution is -2.27. The molecule has 9 heteroatoms. The Morgan fingerprint density at radius 3 is 2.16 bits per heavy atom. The number of hydrogen-bond donors (Lipinski definition) is 2. The zero-order valence-corrected chi connectivity index (χ0v) is 21.6. The largest absolute Gasteiger partial charge is 0.347 e. The molecule has 2 N–H and O–H groups in total. The molecule has 4 amide bonds. The molecule has 4 rings (SSSR count). The SMILES string of the molecule is Cc1nc(C(=O)NCc2ccc(NC(=O)N(C)C)cc2)c2cc(-c3ccc(C(=O)N(C)C)cc3)ccn12. The van der Waals surface area contributed by atoms with E-state index in [1.54, 1.807) is 57.4 Å². The van der Waals surface area contributed by atoms with E-state index in [1.807, 2.05) is 53.9 Å². The van der Waals surface area contributed by atoms with Gasteiger partial charge in [0.1, 0.15) is 5.82 Å². The summed E-state index contributed by atoms with van der Waals surface area (Å²) in [6, 6.07) is 18.4. The third-order valence-electron chi connectivity index (χ3n) is 5.97. The van der Waals surface area contributed by atoms with Gasteiger partial charge >= 0.3 is 6.03 Å². The summed E-state index contributed by atoms with van der Waals surface area (Å²) in [6.07, 6.45) is 1.89. The highest BCUT2D eigenvalue weighted by Gasteiger charge is 2.17. The molecule has 0 aliphatic rings. The minimum absolute atomic E-state index is 0.0553. The molecular formula is C28H30N6O3. The quantitative estimate of drug-likeness (QED) is 0.419. The average molecular weight is 499 g/mol. The van der Waals surface area contributed by atoms with Crippen LogP contribution >= 0.6 is 0 Å². The Bertz CT molecular complexity index is 1450. The van der Waals surface area contributed by atoms with Gasteiger partial charge in [0.25, 0.3) is 11.8 Å². The molecule has 9 nitrogen and oxygen atoms in total. The van der Waals surface area contributed by atoms with Gasteiger partial charge in [0, 0.05) is 52.2 Å². The van der Waals surface area contributed by atoms with Gasteiger partial charge in [-0.2, -0.15) is 0 Å². The Morgan fingerprint density at radius 1 is 0.865 bits per heavy atom. The Labute approximate surface area is 215 Å². The van der Waals surface area contributed by atoms with Crippen LogP contribution < -0.4 is 10.6 Å². The fraction of sp³-hybridized carbons (Fsp3) is 0.214. The van der Waals surface area contributed by atoms with Crippen LogP contribution in [0.25, 0.3) is 16.6 Å². The molecule has 0 aliphatic carbocycles. The molecule has 0 unspecified atom stereocenters. The second kappa shape index (κ2) is 10.5. The van der Waals surface area contributed by atoms with Crippen molar-refractivity contribution in [2.75, 3.05) is 33.5 Å². The maximum atomic E-state index is 13.1. The lowest BCUT2D eigenvalue weighted by atomic mass is 10.0. The number of nitrogens with one attached hydrogen (secondary N) is 2. The van der Waals surface area contributed by atoms with Crippen molar-refractivity contribution in [3.8, 4) is 11.1 Å². The second-order valence-electron chi connectivity index (χ2n) is 9.16. The number of imidazole rings is 1. The monoisotopic (exact) mass is 498 g/mol. The Balaban J connectivity index is 1.50. The first-order chi connectivity index (χ1) is 17.6. The summed E-state index contributed by atoms with van der Waals surface area (Å²) in [5.74, 6) is 0.375. The van der Waals surface area contributed by atoms with Crippen molar-refractivity contribution in [3.05, 3.63) is 89.5 Å². The highest BCUT2D eigenvalue weighted by Crippen LogP contribution is 2.24. The fourth-order valence-electron chi connectivity index (χ4n) is 3.86. The summed E-state index contributed by atoms with van der Waals surface area (Å²) in [5.41, 5.74) is 5.07. The first-order valence-corrected chi connectivity index (χ1v) is 11.8. The zero-order chi connectivity index (χ0) is 26.7. The van der Waals surface area contributed by atoms with Gasteiger partial charge in [-0.1, -0.05) is 24.3 Å². The van der Waals surface area contributed by atoms with Gasteiger partial charge in [-0.25, -0.2) is 9.78 Å². The number of amides is 4. The molecule has 0 fully saturated rings. The molecule has 0 spiro atoms. The first-order valence-electron chi connectivity index (χ1n) is 11.8. The number of nitrogens with zero attached hydrogens (tertiary/aromatic N) is 4. The van der Waals surface area contributed by atoms with Gasteiger partial charge < -0.3 is 24.8 Å². The third-order valence-corrected chi connectivity index (χ3v) is 5.97. The maximum Gasteiger partial charge on any atom is 0.321 e. The molecule has 0 atom stereocenters. The smallest absolute Gasteiger partial charge is 0.321 e. The molecule has 0 bridgehead atoms. The third kappa shape index (κ3) is 5.61. The van der Waals surface area contributed by atoms with Gasteiger partial charge in [-0.15, -0.1) is 0 Å². The van der Waals surface area contributed by atoms with Crippen LogP contribution in [0.4, 0.5) is 10.5 Å².